The zero-order valence-electron chi connectivity index (χ0n) is 10.9. The summed E-state index contributed by atoms with van der Waals surface area (Å²) in [6, 6.07) is 6.39. The molecule has 0 bridgehead atoms. The molecule has 1 aromatic carbocycles. The van der Waals surface area contributed by atoms with E-state index in [1.54, 1.807) is 6.92 Å². The topological polar surface area (TPSA) is 66.5 Å². The largest absolute Gasteiger partial charge is 0.331 e. The standard InChI is InChI=1S/C14H13BrN2O3/c1-8(9-2-4-10(15)5-3-9)17-12(19)14(6-7-14)11(18)16-13(17)20/h2-5,8H,6-7H2,1H3,(H,16,18,20). The molecule has 1 aliphatic heterocycles. The lowest BCUT2D eigenvalue weighted by molar-refractivity contribution is -0.146. The molecule has 0 aromatic heterocycles. The number of amides is 4. The van der Waals surface area contributed by atoms with Crippen molar-refractivity contribution in [2.45, 2.75) is 25.8 Å². The monoisotopic (exact) mass is 336 g/mol. The smallest absolute Gasteiger partial charge is 0.277 e. The van der Waals surface area contributed by atoms with Gasteiger partial charge in [0.25, 0.3) is 0 Å². The number of nitrogens with one attached hydrogen (secondary N) is 1. The van der Waals surface area contributed by atoms with E-state index in [9.17, 15) is 14.4 Å². The molecule has 1 saturated heterocycles. The van der Waals surface area contributed by atoms with Crippen LogP contribution in [-0.2, 0) is 9.59 Å². The maximum Gasteiger partial charge on any atom is 0.331 e. The van der Waals surface area contributed by atoms with Gasteiger partial charge in [-0.3, -0.25) is 19.8 Å². The number of urea groups is 1. The van der Waals surface area contributed by atoms with Crippen molar-refractivity contribution in [1.29, 1.82) is 0 Å². The normalized spacial score (nSPS) is 21.9. The Labute approximate surface area is 124 Å². The first-order valence-electron chi connectivity index (χ1n) is 6.40. The first-order chi connectivity index (χ1) is 9.45. The predicted octanol–water partition coefficient (Wildman–Crippen LogP) is 2.37. The molecule has 2 fully saturated rings. The molecule has 20 heavy (non-hydrogen) atoms. The van der Waals surface area contributed by atoms with E-state index < -0.39 is 23.4 Å². The average molecular weight is 337 g/mol. The Hall–Kier alpha value is -1.69. The van der Waals surface area contributed by atoms with Crippen molar-refractivity contribution in [3.63, 3.8) is 0 Å². The quantitative estimate of drug-likeness (QED) is 0.843. The van der Waals surface area contributed by atoms with Gasteiger partial charge in [0, 0.05) is 4.47 Å². The Morgan fingerprint density at radius 1 is 1.20 bits per heavy atom. The number of carbonyl (C=O) groups excluding carboxylic acids is 3. The van der Waals surface area contributed by atoms with Crippen molar-refractivity contribution in [1.82, 2.24) is 10.2 Å². The molecule has 4 amide bonds. The lowest BCUT2D eigenvalue weighted by atomic mass is 9.98. The second-order valence-electron chi connectivity index (χ2n) is 5.24. The molecule has 1 atom stereocenters. The minimum absolute atomic E-state index is 0.373. The molecule has 1 aliphatic carbocycles. The lowest BCUT2D eigenvalue weighted by Crippen LogP contribution is -2.59. The first kappa shape index (κ1) is 13.3. The van der Waals surface area contributed by atoms with E-state index in [1.165, 1.54) is 0 Å². The molecule has 1 saturated carbocycles. The molecular formula is C14H13BrN2O3. The molecule has 1 unspecified atom stereocenters. The summed E-state index contributed by atoms with van der Waals surface area (Å²) in [5.41, 5.74) is -0.140. The average Bonchev–Trinajstić information content (AvgIpc) is 3.19. The van der Waals surface area contributed by atoms with Gasteiger partial charge in [0.05, 0.1) is 6.04 Å². The van der Waals surface area contributed by atoms with E-state index >= 15 is 0 Å². The number of imide groups is 2. The second kappa shape index (κ2) is 4.41. The van der Waals surface area contributed by atoms with Gasteiger partial charge in [-0.25, -0.2) is 4.79 Å². The first-order valence-corrected chi connectivity index (χ1v) is 7.19. The van der Waals surface area contributed by atoms with Crippen molar-refractivity contribution in [2.75, 3.05) is 0 Å². The number of halogens is 1. The van der Waals surface area contributed by atoms with Gasteiger partial charge >= 0.3 is 6.03 Å². The van der Waals surface area contributed by atoms with E-state index in [1.807, 2.05) is 24.3 Å². The van der Waals surface area contributed by atoms with Crippen molar-refractivity contribution in [3.05, 3.63) is 34.3 Å². The van der Waals surface area contributed by atoms with Crippen LogP contribution in [0.15, 0.2) is 28.7 Å². The number of hydrogen-bond donors (Lipinski definition) is 1. The van der Waals surface area contributed by atoms with Gasteiger partial charge < -0.3 is 0 Å². The molecule has 1 spiro atoms. The van der Waals surface area contributed by atoms with Crippen LogP contribution in [0.2, 0.25) is 0 Å². The van der Waals surface area contributed by atoms with Crippen LogP contribution in [0.4, 0.5) is 4.79 Å². The third kappa shape index (κ3) is 1.86. The molecule has 2 aliphatic rings. The predicted molar refractivity (Wildman–Crippen MR) is 74.6 cm³/mol. The van der Waals surface area contributed by atoms with Crippen LogP contribution >= 0.6 is 15.9 Å². The summed E-state index contributed by atoms with van der Waals surface area (Å²) in [5.74, 6) is -0.826. The Bertz CT molecular complexity index is 607. The lowest BCUT2D eigenvalue weighted by Gasteiger charge is -2.34. The molecule has 104 valence electrons. The van der Waals surface area contributed by atoms with Crippen LogP contribution < -0.4 is 5.32 Å². The molecule has 1 aromatic rings. The summed E-state index contributed by atoms with van der Waals surface area (Å²) in [4.78, 5) is 37.4. The van der Waals surface area contributed by atoms with E-state index in [-0.39, 0.29) is 5.91 Å². The molecule has 6 heteroatoms. The highest BCUT2D eigenvalue weighted by molar-refractivity contribution is 9.10. The van der Waals surface area contributed by atoms with E-state index in [0.717, 1.165) is 14.9 Å². The van der Waals surface area contributed by atoms with Gasteiger partial charge in [0.1, 0.15) is 5.41 Å². The minimum atomic E-state index is -0.989. The summed E-state index contributed by atoms with van der Waals surface area (Å²) in [6.45, 7) is 1.78. The number of benzene rings is 1. The maximum atomic E-state index is 12.4. The second-order valence-corrected chi connectivity index (χ2v) is 6.16. The van der Waals surface area contributed by atoms with Gasteiger partial charge in [-0.1, -0.05) is 28.1 Å². The Balaban J connectivity index is 1.92. The zero-order chi connectivity index (χ0) is 14.5. The zero-order valence-corrected chi connectivity index (χ0v) is 12.4. The molecule has 0 radical (unpaired) electrons. The fourth-order valence-corrected chi connectivity index (χ4v) is 2.77. The SMILES string of the molecule is CC(c1ccc(Br)cc1)N1C(=O)NC(=O)C2(CC2)C1=O. The summed E-state index contributed by atoms with van der Waals surface area (Å²) < 4.78 is 0.928. The van der Waals surface area contributed by atoms with Gasteiger partial charge in [-0.2, -0.15) is 0 Å². The van der Waals surface area contributed by atoms with Crippen molar-refractivity contribution >= 4 is 33.8 Å². The van der Waals surface area contributed by atoms with Crippen LogP contribution in [0.3, 0.4) is 0 Å². The number of carbonyl (C=O) groups is 3. The molecule has 1 N–H and O–H groups in total. The van der Waals surface area contributed by atoms with Crippen LogP contribution in [0.25, 0.3) is 0 Å². The highest BCUT2D eigenvalue weighted by Crippen LogP contribution is 2.50. The third-order valence-corrected chi connectivity index (χ3v) is 4.52. The van der Waals surface area contributed by atoms with Crippen LogP contribution in [0.1, 0.15) is 31.4 Å². The van der Waals surface area contributed by atoms with Gasteiger partial charge in [0.15, 0.2) is 0 Å². The Morgan fingerprint density at radius 3 is 2.35 bits per heavy atom. The van der Waals surface area contributed by atoms with Gasteiger partial charge in [0.2, 0.25) is 11.8 Å². The van der Waals surface area contributed by atoms with Crippen LogP contribution in [0.5, 0.6) is 0 Å². The molecule has 3 rings (SSSR count). The highest BCUT2D eigenvalue weighted by Gasteiger charge is 2.62. The van der Waals surface area contributed by atoms with Gasteiger partial charge in [-0.05, 0) is 37.5 Å². The number of nitrogens with zero attached hydrogens (tertiary/aromatic N) is 1. The molecular weight excluding hydrogens is 324 g/mol. The Morgan fingerprint density at radius 2 is 1.80 bits per heavy atom. The number of hydrogen-bond acceptors (Lipinski definition) is 3. The minimum Gasteiger partial charge on any atom is -0.277 e. The van der Waals surface area contributed by atoms with Crippen molar-refractivity contribution in [3.8, 4) is 0 Å². The highest BCUT2D eigenvalue weighted by atomic mass is 79.9. The molecule has 5 nitrogen and oxygen atoms in total. The summed E-state index contributed by atoms with van der Waals surface area (Å²) in [5, 5.41) is 2.29. The van der Waals surface area contributed by atoms with E-state index in [4.69, 9.17) is 0 Å². The summed E-state index contributed by atoms with van der Waals surface area (Å²) in [7, 11) is 0. The van der Waals surface area contributed by atoms with Crippen molar-refractivity contribution < 1.29 is 14.4 Å². The maximum absolute atomic E-state index is 12.4. The number of rotatable bonds is 2. The van der Waals surface area contributed by atoms with Crippen molar-refractivity contribution in [2.24, 2.45) is 5.41 Å². The van der Waals surface area contributed by atoms with E-state index in [2.05, 4.69) is 21.2 Å². The fourth-order valence-electron chi connectivity index (χ4n) is 2.50. The summed E-state index contributed by atoms with van der Waals surface area (Å²) >= 11 is 3.35. The van der Waals surface area contributed by atoms with Crippen LogP contribution in [0, 0.1) is 5.41 Å². The molecule has 1 heterocycles. The van der Waals surface area contributed by atoms with Crippen LogP contribution in [-0.4, -0.2) is 22.7 Å². The third-order valence-electron chi connectivity index (χ3n) is 3.99. The van der Waals surface area contributed by atoms with E-state index in [0.29, 0.717) is 12.8 Å². The number of barbiturate groups is 1. The summed E-state index contributed by atoms with van der Waals surface area (Å²) in [6.07, 6.45) is 1.04. The fraction of sp³-hybridized carbons (Fsp3) is 0.357. The van der Waals surface area contributed by atoms with Gasteiger partial charge in [-0.15, -0.1) is 0 Å². The Kier molecular flexibility index (Phi) is 2.93.